The molecule has 0 fully saturated rings. The van der Waals surface area contributed by atoms with Crippen LogP contribution in [0.5, 0.6) is 0 Å². The van der Waals surface area contributed by atoms with Gasteiger partial charge in [-0.2, -0.15) is 4.98 Å². The Bertz CT molecular complexity index is 489. The number of nitrogens with zero attached hydrogens (tertiary/aromatic N) is 1. The molecule has 0 bridgehead atoms. The van der Waals surface area contributed by atoms with Crippen LogP contribution in [0, 0.1) is 0 Å². The zero-order valence-electron chi connectivity index (χ0n) is 6.95. The molecule has 4 heteroatoms. The molecule has 0 saturated carbocycles. The third kappa shape index (κ3) is 1.31. The van der Waals surface area contributed by atoms with Crippen molar-refractivity contribution in [1.29, 1.82) is 0 Å². The molecular weight excluding hydrogens is 166 g/mol. The van der Waals surface area contributed by atoms with Gasteiger partial charge in [0, 0.05) is 0 Å². The molecule has 2 rings (SSSR count). The summed E-state index contributed by atoms with van der Waals surface area (Å²) in [5.74, 6) is 0.517. The summed E-state index contributed by atoms with van der Waals surface area (Å²) in [6.45, 7) is 0.250. The van der Waals surface area contributed by atoms with Crippen LogP contribution in [0.25, 0.3) is 10.9 Å². The third-order valence-electron chi connectivity index (χ3n) is 1.87. The number of aromatic nitrogens is 2. The van der Waals surface area contributed by atoms with E-state index in [0.29, 0.717) is 11.2 Å². The summed E-state index contributed by atoms with van der Waals surface area (Å²) in [6.07, 6.45) is 0. The van der Waals surface area contributed by atoms with E-state index in [-0.39, 0.29) is 12.1 Å². The highest BCUT2D eigenvalue weighted by Crippen LogP contribution is 2.04. The smallest absolute Gasteiger partial charge is 0.280 e. The van der Waals surface area contributed by atoms with Crippen LogP contribution in [-0.2, 0) is 6.54 Å². The van der Waals surface area contributed by atoms with Crippen molar-refractivity contribution in [2.75, 3.05) is 0 Å². The number of nitrogens with one attached hydrogen (secondary N) is 1. The van der Waals surface area contributed by atoms with E-state index in [2.05, 4.69) is 9.97 Å². The molecule has 0 unspecified atom stereocenters. The average molecular weight is 175 g/mol. The number of para-hydroxylation sites is 1. The highest BCUT2D eigenvalue weighted by atomic mass is 16.1. The lowest BCUT2D eigenvalue weighted by Crippen LogP contribution is -2.14. The molecule has 1 heterocycles. The summed E-state index contributed by atoms with van der Waals surface area (Å²) in [6, 6.07) is 7.24. The number of fused-ring (bicyclic) bond motifs is 1. The Morgan fingerprint density at radius 3 is 2.92 bits per heavy atom. The largest absolute Gasteiger partial charge is 0.342 e. The molecule has 0 spiro atoms. The summed E-state index contributed by atoms with van der Waals surface area (Å²) in [5.41, 5.74) is 5.93. The highest BCUT2D eigenvalue weighted by molar-refractivity contribution is 5.77. The lowest BCUT2D eigenvalue weighted by molar-refractivity contribution is 0.913. The van der Waals surface area contributed by atoms with E-state index in [4.69, 9.17) is 5.73 Å². The normalized spacial score (nSPS) is 10.5. The molecule has 0 aliphatic rings. The molecule has 2 aromatic rings. The summed E-state index contributed by atoms with van der Waals surface area (Å²) >= 11 is 0. The molecule has 0 aliphatic heterocycles. The van der Waals surface area contributed by atoms with Gasteiger partial charge in [-0.1, -0.05) is 12.1 Å². The van der Waals surface area contributed by atoms with Crippen molar-refractivity contribution in [1.82, 2.24) is 9.97 Å². The zero-order valence-corrected chi connectivity index (χ0v) is 6.95. The Labute approximate surface area is 74.4 Å². The van der Waals surface area contributed by atoms with Crippen molar-refractivity contribution < 1.29 is 0 Å². The standard InChI is InChI=1S/C9H9N3O/c10-5-8-11-7-4-2-1-3-6(7)9(13)12-8/h1-4H,5,10H2,(H,11,12,13). The van der Waals surface area contributed by atoms with Gasteiger partial charge in [-0.05, 0) is 12.1 Å². The molecule has 1 aromatic carbocycles. The molecule has 0 amide bonds. The van der Waals surface area contributed by atoms with E-state index in [1.54, 1.807) is 12.1 Å². The van der Waals surface area contributed by atoms with Gasteiger partial charge in [-0.3, -0.25) is 4.79 Å². The second-order valence-electron chi connectivity index (χ2n) is 2.74. The fraction of sp³-hybridized carbons (Fsp3) is 0.111. The van der Waals surface area contributed by atoms with Crippen LogP contribution >= 0.6 is 0 Å². The number of nitrogens with two attached hydrogens (primary N) is 1. The maximum absolute atomic E-state index is 11.4. The maximum atomic E-state index is 11.4. The number of hydrogen-bond acceptors (Lipinski definition) is 3. The molecule has 13 heavy (non-hydrogen) atoms. The zero-order chi connectivity index (χ0) is 9.26. The van der Waals surface area contributed by atoms with Gasteiger partial charge in [0.1, 0.15) is 5.82 Å². The highest BCUT2D eigenvalue weighted by Gasteiger charge is 2.00. The van der Waals surface area contributed by atoms with E-state index in [1.807, 2.05) is 12.1 Å². The van der Waals surface area contributed by atoms with Gasteiger partial charge in [0.15, 0.2) is 0 Å². The first-order chi connectivity index (χ1) is 6.31. The van der Waals surface area contributed by atoms with Gasteiger partial charge in [-0.15, -0.1) is 0 Å². The van der Waals surface area contributed by atoms with Crippen molar-refractivity contribution in [3.8, 4) is 0 Å². The number of rotatable bonds is 1. The van der Waals surface area contributed by atoms with Crippen molar-refractivity contribution in [3.63, 3.8) is 0 Å². The van der Waals surface area contributed by atoms with Crippen molar-refractivity contribution in [2.24, 2.45) is 5.73 Å². The first-order valence-corrected chi connectivity index (χ1v) is 3.99. The summed E-state index contributed by atoms with van der Waals surface area (Å²) < 4.78 is 0. The molecule has 66 valence electrons. The molecule has 1 aromatic heterocycles. The van der Waals surface area contributed by atoms with Gasteiger partial charge >= 0.3 is 0 Å². The second-order valence-corrected chi connectivity index (χ2v) is 2.74. The minimum Gasteiger partial charge on any atom is -0.342 e. The molecule has 0 aliphatic carbocycles. The van der Waals surface area contributed by atoms with Crippen LogP contribution in [0.1, 0.15) is 5.82 Å². The van der Waals surface area contributed by atoms with Crippen LogP contribution in [0.15, 0.2) is 29.1 Å². The SMILES string of the molecule is NCc1nc(=O)c2ccccc2[nH]1. The Balaban J connectivity index is 2.85. The molecule has 0 saturated heterocycles. The van der Waals surface area contributed by atoms with Gasteiger partial charge in [0.05, 0.1) is 17.4 Å². The Hall–Kier alpha value is -1.68. The number of H-pyrrole nitrogens is 1. The van der Waals surface area contributed by atoms with Crippen LogP contribution in [0.3, 0.4) is 0 Å². The number of benzene rings is 1. The van der Waals surface area contributed by atoms with E-state index in [9.17, 15) is 4.79 Å². The van der Waals surface area contributed by atoms with Crippen LogP contribution in [0.2, 0.25) is 0 Å². The van der Waals surface area contributed by atoms with Gasteiger partial charge in [0.2, 0.25) is 0 Å². The molecule has 0 radical (unpaired) electrons. The van der Waals surface area contributed by atoms with E-state index in [0.717, 1.165) is 5.52 Å². The Kier molecular flexibility index (Phi) is 1.83. The number of hydrogen-bond donors (Lipinski definition) is 2. The molecular formula is C9H9N3O. The average Bonchev–Trinajstić information content (AvgIpc) is 2.18. The predicted molar refractivity (Wildman–Crippen MR) is 50.3 cm³/mol. The van der Waals surface area contributed by atoms with Gasteiger partial charge in [0.25, 0.3) is 5.56 Å². The topological polar surface area (TPSA) is 71.8 Å². The van der Waals surface area contributed by atoms with Crippen LogP contribution in [-0.4, -0.2) is 9.97 Å². The summed E-state index contributed by atoms with van der Waals surface area (Å²) in [5, 5.41) is 0.597. The molecule has 3 N–H and O–H groups in total. The van der Waals surface area contributed by atoms with Gasteiger partial charge in [-0.25, -0.2) is 0 Å². The third-order valence-corrected chi connectivity index (χ3v) is 1.87. The van der Waals surface area contributed by atoms with Crippen LogP contribution < -0.4 is 11.3 Å². The predicted octanol–water partition coefficient (Wildman–Crippen LogP) is 0.382. The number of aromatic amines is 1. The monoisotopic (exact) mass is 175 g/mol. The van der Waals surface area contributed by atoms with Gasteiger partial charge < -0.3 is 10.7 Å². The van der Waals surface area contributed by atoms with Crippen LogP contribution in [0.4, 0.5) is 0 Å². The van der Waals surface area contributed by atoms with E-state index in [1.165, 1.54) is 0 Å². The van der Waals surface area contributed by atoms with E-state index >= 15 is 0 Å². The Morgan fingerprint density at radius 1 is 1.38 bits per heavy atom. The Morgan fingerprint density at radius 2 is 2.15 bits per heavy atom. The molecule has 0 atom stereocenters. The fourth-order valence-corrected chi connectivity index (χ4v) is 1.24. The minimum atomic E-state index is -0.227. The minimum absolute atomic E-state index is 0.227. The maximum Gasteiger partial charge on any atom is 0.280 e. The quantitative estimate of drug-likeness (QED) is 0.658. The first-order valence-electron chi connectivity index (χ1n) is 3.99. The lowest BCUT2D eigenvalue weighted by Gasteiger charge is -1.99. The van der Waals surface area contributed by atoms with Crippen molar-refractivity contribution >= 4 is 10.9 Å². The lowest BCUT2D eigenvalue weighted by atomic mass is 10.2. The second kappa shape index (κ2) is 2.99. The van der Waals surface area contributed by atoms with E-state index < -0.39 is 0 Å². The van der Waals surface area contributed by atoms with Crippen molar-refractivity contribution in [3.05, 3.63) is 40.4 Å². The summed E-state index contributed by atoms with van der Waals surface area (Å²) in [7, 11) is 0. The van der Waals surface area contributed by atoms with Crippen molar-refractivity contribution in [2.45, 2.75) is 6.54 Å². The fourth-order valence-electron chi connectivity index (χ4n) is 1.24. The first kappa shape index (κ1) is 7.94. The molecule has 4 nitrogen and oxygen atoms in total. The summed E-state index contributed by atoms with van der Waals surface area (Å²) in [4.78, 5) is 18.1.